The number of carbonyl (C=O) groups excluding carboxylic acids is 3. The summed E-state index contributed by atoms with van der Waals surface area (Å²) in [5, 5.41) is 7.03. The molecule has 7 nitrogen and oxygen atoms in total. The summed E-state index contributed by atoms with van der Waals surface area (Å²) in [7, 11) is 0. The van der Waals surface area contributed by atoms with Crippen molar-refractivity contribution in [2.75, 3.05) is 10.7 Å². The number of aromatic nitrogens is 1. The molecule has 0 saturated carbocycles. The Morgan fingerprint density at radius 1 is 0.824 bits per heavy atom. The highest BCUT2D eigenvalue weighted by Crippen LogP contribution is 2.23. The van der Waals surface area contributed by atoms with Gasteiger partial charge in [0, 0.05) is 27.7 Å². The number of hydrogen-bond donors (Lipinski definition) is 3. The standard InChI is InChI=1S/C25H20Cl2N4O3/c1-15-2-9-20(10-3-15)29-23(32)22-13-17-12-19(27)8-11-21(17)31(22)30-25(34)24(33)28-14-16-4-6-18(26)7-5-16/h2-13H,14H2,1H3,(H,28,33)(H,29,32)(H,30,34). The molecule has 3 N–H and O–H groups in total. The van der Waals surface area contributed by atoms with E-state index in [-0.39, 0.29) is 12.2 Å². The number of nitrogens with one attached hydrogen (secondary N) is 3. The smallest absolute Gasteiger partial charge is 0.328 e. The second kappa shape index (κ2) is 9.99. The number of carbonyl (C=O) groups is 3. The molecule has 0 bridgehead atoms. The van der Waals surface area contributed by atoms with E-state index in [0.29, 0.717) is 26.6 Å². The highest BCUT2D eigenvalue weighted by Gasteiger charge is 2.21. The second-order valence-electron chi connectivity index (χ2n) is 7.64. The first kappa shape index (κ1) is 23.4. The third-order valence-electron chi connectivity index (χ3n) is 5.09. The number of nitrogens with zero attached hydrogens (tertiary/aromatic N) is 1. The molecule has 0 unspecified atom stereocenters. The maximum atomic E-state index is 13.0. The molecule has 0 atom stereocenters. The average Bonchev–Trinajstić information content (AvgIpc) is 3.17. The first-order chi connectivity index (χ1) is 16.3. The van der Waals surface area contributed by atoms with Gasteiger partial charge in [-0.15, -0.1) is 0 Å². The average molecular weight is 495 g/mol. The first-order valence-electron chi connectivity index (χ1n) is 10.3. The van der Waals surface area contributed by atoms with Crippen molar-refractivity contribution in [1.82, 2.24) is 9.99 Å². The lowest BCUT2D eigenvalue weighted by Crippen LogP contribution is -2.39. The van der Waals surface area contributed by atoms with Gasteiger partial charge in [0.2, 0.25) is 0 Å². The van der Waals surface area contributed by atoms with Crippen molar-refractivity contribution in [2.45, 2.75) is 13.5 Å². The quantitative estimate of drug-likeness (QED) is 0.344. The second-order valence-corrected chi connectivity index (χ2v) is 8.51. The zero-order valence-corrected chi connectivity index (χ0v) is 19.6. The molecular formula is C25H20Cl2N4O3. The monoisotopic (exact) mass is 494 g/mol. The van der Waals surface area contributed by atoms with Crippen LogP contribution in [0, 0.1) is 6.92 Å². The zero-order valence-electron chi connectivity index (χ0n) is 18.1. The summed E-state index contributed by atoms with van der Waals surface area (Å²) in [6, 6.07) is 20.7. The molecule has 0 aliphatic heterocycles. The molecule has 0 aliphatic carbocycles. The van der Waals surface area contributed by atoms with Crippen molar-refractivity contribution in [3.05, 3.63) is 99.7 Å². The fourth-order valence-corrected chi connectivity index (χ4v) is 3.63. The topological polar surface area (TPSA) is 92.2 Å². The molecule has 3 aromatic carbocycles. The molecule has 4 rings (SSSR count). The van der Waals surface area contributed by atoms with E-state index in [0.717, 1.165) is 11.1 Å². The molecule has 0 saturated heterocycles. The van der Waals surface area contributed by atoms with Gasteiger partial charge in [0.25, 0.3) is 5.91 Å². The number of fused-ring (bicyclic) bond motifs is 1. The molecule has 0 radical (unpaired) electrons. The maximum absolute atomic E-state index is 13.0. The van der Waals surface area contributed by atoms with Gasteiger partial charge in [-0.25, -0.2) is 4.68 Å². The molecule has 172 valence electrons. The van der Waals surface area contributed by atoms with Gasteiger partial charge in [0.05, 0.1) is 5.52 Å². The van der Waals surface area contributed by atoms with Crippen molar-refractivity contribution < 1.29 is 14.4 Å². The van der Waals surface area contributed by atoms with Crippen molar-refractivity contribution in [1.29, 1.82) is 0 Å². The fraction of sp³-hybridized carbons (Fsp3) is 0.0800. The largest absolute Gasteiger partial charge is 0.344 e. The normalized spacial score (nSPS) is 10.7. The number of amides is 3. The minimum absolute atomic E-state index is 0.136. The minimum atomic E-state index is -0.925. The third-order valence-corrected chi connectivity index (χ3v) is 5.58. The predicted molar refractivity (Wildman–Crippen MR) is 134 cm³/mol. The minimum Gasteiger partial charge on any atom is -0.344 e. The summed E-state index contributed by atoms with van der Waals surface area (Å²) < 4.78 is 1.28. The molecular weight excluding hydrogens is 475 g/mol. The SMILES string of the molecule is Cc1ccc(NC(=O)c2cc3cc(Cl)ccc3n2NC(=O)C(=O)NCc2ccc(Cl)cc2)cc1. The molecule has 0 fully saturated rings. The lowest BCUT2D eigenvalue weighted by atomic mass is 10.2. The van der Waals surface area contributed by atoms with Gasteiger partial charge in [-0.05, 0) is 61.0 Å². The fourth-order valence-electron chi connectivity index (χ4n) is 3.32. The van der Waals surface area contributed by atoms with Gasteiger partial charge in [0.1, 0.15) is 5.69 Å². The Morgan fingerprint density at radius 2 is 1.50 bits per heavy atom. The van der Waals surface area contributed by atoms with Gasteiger partial charge in [0.15, 0.2) is 0 Å². The third kappa shape index (κ3) is 5.39. The van der Waals surface area contributed by atoms with Crippen LogP contribution in [-0.2, 0) is 16.1 Å². The number of hydrogen-bond acceptors (Lipinski definition) is 3. The van der Waals surface area contributed by atoms with Crippen LogP contribution in [0.15, 0.2) is 72.8 Å². The van der Waals surface area contributed by atoms with Gasteiger partial charge in [-0.1, -0.05) is 53.0 Å². The predicted octanol–water partition coefficient (Wildman–Crippen LogP) is 4.90. The number of benzene rings is 3. The van der Waals surface area contributed by atoms with E-state index in [2.05, 4.69) is 16.1 Å². The molecule has 4 aromatic rings. The van der Waals surface area contributed by atoms with E-state index in [1.807, 2.05) is 19.1 Å². The maximum Gasteiger partial charge on any atom is 0.328 e. The number of halogens is 2. The van der Waals surface area contributed by atoms with Gasteiger partial charge in [-0.3, -0.25) is 19.8 Å². The molecule has 34 heavy (non-hydrogen) atoms. The van der Waals surface area contributed by atoms with E-state index in [1.165, 1.54) is 4.68 Å². The summed E-state index contributed by atoms with van der Waals surface area (Å²) in [5.74, 6) is -2.24. The summed E-state index contributed by atoms with van der Waals surface area (Å²) in [4.78, 5) is 38.1. The molecule has 1 heterocycles. The number of rotatable bonds is 5. The first-order valence-corrected chi connectivity index (χ1v) is 11.1. The number of aryl methyl sites for hydroxylation is 1. The van der Waals surface area contributed by atoms with Crippen LogP contribution < -0.4 is 16.1 Å². The van der Waals surface area contributed by atoms with Gasteiger partial charge in [-0.2, -0.15) is 0 Å². The van der Waals surface area contributed by atoms with Crippen LogP contribution in [0.5, 0.6) is 0 Å². The van der Waals surface area contributed by atoms with Crippen LogP contribution in [0.25, 0.3) is 10.9 Å². The Morgan fingerprint density at radius 3 is 2.21 bits per heavy atom. The highest BCUT2D eigenvalue weighted by molar-refractivity contribution is 6.38. The Hall–Kier alpha value is -3.81. The van der Waals surface area contributed by atoms with Crippen LogP contribution >= 0.6 is 23.2 Å². The Labute approximate surface area is 205 Å². The lowest BCUT2D eigenvalue weighted by molar-refractivity contribution is -0.136. The Kier molecular flexibility index (Phi) is 6.86. The summed E-state index contributed by atoms with van der Waals surface area (Å²) in [6.45, 7) is 2.09. The van der Waals surface area contributed by atoms with Crippen molar-refractivity contribution in [3.63, 3.8) is 0 Å². The molecule has 0 spiro atoms. The van der Waals surface area contributed by atoms with Crippen LogP contribution in [0.2, 0.25) is 10.0 Å². The van der Waals surface area contributed by atoms with Crippen molar-refractivity contribution >= 4 is 57.5 Å². The van der Waals surface area contributed by atoms with Gasteiger partial charge >= 0.3 is 11.8 Å². The molecule has 3 amide bonds. The summed E-state index contributed by atoms with van der Waals surface area (Å²) >= 11 is 12.0. The zero-order chi connectivity index (χ0) is 24.2. The van der Waals surface area contributed by atoms with Crippen molar-refractivity contribution in [3.8, 4) is 0 Å². The molecule has 9 heteroatoms. The number of anilines is 1. The summed E-state index contributed by atoms with van der Waals surface area (Å²) in [6.07, 6.45) is 0. The van der Waals surface area contributed by atoms with Crippen LogP contribution in [0.4, 0.5) is 5.69 Å². The van der Waals surface area contributed by atoms with Crippen LogP contribution in [0.3, 0.4) is 0 Å². The van der Waals surface area contributed by atoms with Crippen molar-refractivity contribution in [2.24, 2.45) is 0 Å². The highest BCUT2D eigenvalue weighted by atomic mass is 35.5. The van der Waals surface area contributed by atoms with E-state index < -0.39 is 17.7 Å². The van der Waals surface area contributed by atoms with E-state index >= 15 is 0 Å². The van der Waals surface area contributed by atoms with E-state index in [1.54, 1.807) is 60.7 Å². The summed E-state index contributed by atoms with van der Waals surface area (Å²) in [5.41, 5.74) is 5.59. The Balaban J connectivity index is 1.55. The van der Waals surface area contributed by atoms with Crippen LogP contribution in [0.1, 0.15) is 21.6 Å². The Bertz CT molecular complexity index is 1380. The molecule has 0 aliphatic rings. The van der Waals surface area contributed by atoms with Crippen LogP contribution in [-0.4, -0.2) is 22.4 Å². The molecule has 1 aromatic heterocycles. The van der Waals surface area contributed by atoms with E-state index in [9.17, 15) is 14.4 Å². The van der Waals surface area contributed by atoms with E-state index in [4.69, 9.17) is 23.2 Å². The lowest BCUT2D eigenvalue weighted by Gasteiger charge is -2.13. The van der Waals surface area contributed by atoms with Gasteiger partial charge < -0.3 is 10.6 Å².